The van der Waals surface area contributed by atoms with Gasteiger partial charge in [-0.2, -0.15) is 0 Å². The fourth-order valence-corrected chi connectivity index (χ4v) is 1.70. The molecular formula is C12H12F3NO3. The molecule has 0 fully saturated rings. The van der Waals surface area contributed by atoms with Crippen LogP contribution in [0.2, 0.25) is 0 Å². The third-order valence-corrected chi connectivity index (χ3v) is 2.48. The monoisotopic (exact) mass is 275 g/mol. The number of rotatable bonds is 4. The summed E-state index contributed by atoms with van der Waals surface area (Å²) in [7, 11) is 0. The zero-order chi connectivity index (χ0) is 14.6. The fourth-order valence-electron chi connectivity index (χ4n) is 1.70. The molecular weight excluding hydrogens is 263 g/mol. The Kier molecular flexibility index (Phi) is 4.52. The van der Waals surface area contributed by atoms with Gasteiger partial charge in [0.1, 0.15) is 6.04 Å². The first-order valence-electron chi connectivity index (χ1n) is 5.37. The molecule has 104 valence electrons. The summed E-state index contributed by atoms with van der Waals surface area (Å²) < 4.78 is 38.2. The highest BCUT2D eigenvalue weighted by Crippen LogP contribution is 2.26. The maximum absolute atomic E-state index is 12.7. The van der Waals surface area contributed by atoms with Crippen molar-refractivity contribution in [3.8, 4) is 0 Å². The number of carboxylic acid groups (broad SMARTS) is 1. The SMILES string of the molecule is CC(=O)N(C(Cc1ccccc1)C(=O)O)C(F)(F)F. The summed E-state index contributed by atoms with van der Waals surface area (Å²) in [5, 5.41) is 8.92. The van der Waals surface area contributed by atoms with Gasteiger partial charge in [0, 0.05) is 13.3 Å². The van der Waals surface area contributed by atoms with Crippen LogP contribution in [0.15, 0.2) is 30.3 Å². The van der Waals surface area contributed by atoms with E-state index >= 15 is 0 Å². The molecule has 0 spiro atoms. The minimum atomic E-state index is -5.02. The molecule has 1 aromatic carbocycles. The van der Waals surface area contributed by atoms with Crippen molar-refractivity contribution in [1.82, 2.24) is 4.90 Å². The number of amides is 1. The lowest BCUT2D eigenvalue weighted by atomic mass is 10.0. The summed E-state index contributed by atoms with van der Waals surface area (Å²) in [5.41, 5.74) is 0.408. The summed E-state index contributed by atoms with van der Waals surface area (Å²) in [6.45, 7) is 0.689. The number of hydrogen-bond donors (Lipinski definition) is 1. The number of nitrogens with zero attached hydrogens (tertiary/aromatic N) is 1. The molecule has 7 heteroatoms. The van der Waals surface area contributed by atoms with Crippen molar-refractivity contribution >= 4 is 11.9 Å². The van der Waals surface area contributed by atoms with Gasteiger partial charge in [0.2, 0.25) is 5.91 Å². The Morgan fingerprint density at radius 2 is 1.79 bits per heavy atom. The molecule has 0 saturated heterocycles. The van der Waals surface area contributed by atoms with Crippen molar-refractivity contribution in [2.45, 2.75) is 25.7 Å². The first-order valence-corrected chi connectivity index (χ1v) is 5.37. The largest absolute Gasteiger partial charge is 0.487 e. The van der Waals surface area contributed by atoms with Gasteiger partial charge in [0.15, 0.2) is 0 Å². The molecule has 0 aliphatic carbocycles. The van der Waals surface area contributed by atoms with Crippen LogP contribution in [0.3, 0.4) is 0 Å². The van der Waals surface area contributed by atoms with Gasteiger partial charge in [-0.3, -0.25) is 4.79 Å². The quantitative estimate of drug-likeness (QED) is 0.856. The van der Waals surface area contributed by atoms with Crippen LogP contribution in [0.4, 0.5) is 13.2 Å². The third-order valence-electron chi connectivity index (χ3n) is 2.48. The Morgan fingerprint density at radius 3 is 2.16 bits per heavy atom. The van der Waals surface area contributed by atoms with E-state index in [2.05, 4.69) is 0 Å². The van der Waals surface area contributed by atoms with Gasteiger partial charge in [-0.25, -0.2) is 9.69 Å². The summed E-state index contributed by atoms with van der Waals surface area (Å²) >= 11 is 0. The number of carbonyl (C=O) groups is 2. The number of carboxylic acids is 1. The summed E-state index contributed by atoms with van der Waals surface area (Å²) in [5.74, 6) is -3.05. The van der Waals surface area contributed by atoms with Crippen LogP contribution in [0.1, 0.15) is 12.5 Å². The predicted molar refractivity (Wildman–Crippen MR) is 60.1 cm³/mol. The van der Waals surface area contributed by atoms with Gasteiger partial charge >= 0.3 is 12.3 Å². The molecule has 4 nitrogen and oxygen atoms in total. The Morgan fingerprint density at radius 1 is 1.26 bits per heavy atom. The van der Waals surface area contributed by atoms with Crippen LogP contribution in [0.25, 0.3) is 0 Å². The van der Waals surface area contributed by atoms with Crippen LogP contribution in [0, 0.1) is 0 Å². The molecule has 0 radical (unpaired) electrons. The van der Waals surface area contributed by atoms with Crippen molar-refractivity contribution in [2.75, 3.05) is 0 Å². The number of carbonyl (C=O) groups excluding carboxylic acids is 1. The van der Waals surface area contributed by atoms with Crippen molar-refractivity contribution in [3.63, 3.8) is 0 Å². The number of alkyl halides is 3. The highest BCUT2D eigenvalue weighted by molar-refractivity contribution is 5.82. The molecule has 1 amide bonds. The van der Waals surface area contributed by atoms with Gasteiger partial charge in [-0.05, 0) is 5.56 Å². The van der Waals surface area contributed by atoms with Crippen LogP contribution < -0.4 is 0 Å². The smallest absolute Gasteiger partial charge is 0.480 e. The molecule has 0 bridgehead atoms. The van der Waals surface area contributed by atoms with Gasteiger partial charge in [0.25, 0.3) is 0 Å². The second-order valence-corrected chi connectivity index (χ2v) is 3.90. The van der Waals surface area contributed by atoms with Gasteiger partial charge in [0.05, 0.1) is 0 Å². The molecule has 0 heterocycles. The van der Waals surface area contributed by atoms with E-state index < -0.39 is 35.5 Å². The van der Waals surface area contributed by atoms with Crippen LogP contribution >= 0.6 is 0 Å². The minimum absolute atomic E-state index is 0.407. The molecule has 19 heavy (non-hydrogen) atoms. The summed E-state index contributed by atoms with van der Waals surface area (Å²) in [6, 6.07) is 5.86. The first kappa shape index (κ1) is 15.0. The predicted octanol–water partition coefficient (Wildman–Crippen LogP) is 2.05. The Balaban J connectivity index is 3.06. The molecule has 1 aromatic rings. The highest BCUT2D eigenvalue weighted by atomic mass is 19.4. The van der Waals surface area contributed by atoms with Crippen molar-refractivity contribution in [1.29, 1.82) is 0 Å². The molecule has 1 unspecified atom stereocenters. The standard InChI is InChI=1S/C12H12F3NO3/c1-8(17)16(12(13,14)15)10(11(18)19)7-9-5-3-2-4-6-9/h2-6,10H,7H2,1H3,(H,18,19). The second-order valence-electron chi connectivity index (χ2n) is 3.90. The van der Waals surface area contributed by atoms with E-state index in [0.717, 1.165) is 0 Å². The zero-order valence-electron chi connectivity index (χ0n) is 10.0. The lowest BCUT2D eigenvalue weighted by Gasteiger charge is -2.29. The van der Waals surface area contributed by atoms with Gasteiger partial charge in [-0.15, -0.1) is 13.2 Å². The Labute approximate surface area is 107 Å². The molecule has 0 saturated carbocycles. The van der Waals surface area contributed by atoms with E-state index in [1.54, 1.807) is 18.2 Å². The molecule has 0 aliphatic rings. The Bertz CT molecular complexity index is 459. The van der Waals surface area contributed by atoms with Crippen LogP contribution in [-0.2, 0) is 16.0 Å². The average Bonchev–Trinajstić information content (AvgIpc) is 2.27. The number of benzene rings is 1. The average molecular weight is 275 g/mol. The van der Waals surface area contributed by atoms with Gasteiger partial charge in [-0.1, -0.05) is 30.3 Å². The maximum atomic E-state index is 12.7. The molecule has 0 aliphatic heterocycles. The second kappa shape index (κ2) is 5.73. The molecule has 1 N–H and O–H groups in total. The number of halogens is 3. The van der Waals surface area contributed by atoms with E-state index in [1.165, 1.54) is 12.1 Å². The maximum Gasteiger partial charge on any atom is 0.487 e. The number of hydrogen-bond acceptors (Lipinski definition) is 2. The van der Waals surface area contributed by atoms with Gasteiger partial charge < -0.3 is 5.11 Å². The fraction of sp³-hybridized carbons (Fsp3) is 0.333. The lowest BCUT2D eigenvalue weighted by Crippen LogP contribution is -2.52. The Hall–Kier alpha value is -2.05. The number of aliphatic carboxylic acids is 1. The molecule has 1 atom stereocenters. The molecule has 1 rings (SSSR count). The van der Waals surface area contributed by atoms with Crippen molar-refractivity contribution in [2.24, 2.45) is 0 Å². The van der Waals surface area contributed by atoms with Crippen LogP contribution in [0.5, 0.6) is 0 Å². The topological polar surface area (TPSA) is 57.6 Å². The van der Waals surface area contributed by atoms with Crippen LogP contribution in [-0.4, -0.2) is 34.2 Å². The minimum Gasteiger partial charge on any atom is -0.480 e. The third kappa shape index (κ3) is 3.97. The lowest BCUT2D eigenvalue weighted by molar-refractivity contribution is -0.251. The summed E-state index contributed by atoms with van der Waals surface area (Å²) in [4.78, 5) is 21.5. The highest BCUT2D eigenvalue weighted by Gasteiger charge is 2.46. The van der Waals surface area contributed by atoms with E-state index in [0.29, 0.717) is 12.5 Å². The summed E-state index contributed by atoms with van der Waals surface area (Å²) in [6.07, 6.45) is -5.43. The molecule has 0 aromatic heterocycles. The van der Waals surface area contributed by atoms with Crippen molar-refractivity contribution < 1.29 is 27.9 Å². The van der Waals surface area contributed by atoms with E-state index in [1.807, 2.05) is 0 Å². The van der Waals surface area contributed by atoms with Crippen molar-refractivity contribution in [3.05, 3.63) is 35.9 Å². The van der Waals surface area contributed by atoms with E-state index in [4.69, 9.17) is 5.11 Å². The van der Waals surface area contributed by atoms with E-state index in [9.17, 15) is 22.8 Å². The first-order chi connectivity index (χ1) is 8.73. The van der Waals surface area contributed by atoms with E-state index in [-0.39, 0.29) is 0 Å². The normalized spacial score (nSPS) is 12.8. The zero-order valence-corrected chi connectivity index (χ0v) is 10.0.